The maximum Gasteiger partial charge on any atom is 0.210 e. The lowest BCUT2D eigenvalue weighted by atomic mass is 10.3. The lowest BCUT2D eigenvalue weighted by Crippen LogP contribution is -1.90. The van der Waals surface area contributed by atoms with Crippen LogP contribution in [0.25, 0.3) is 0 Å². The normalized spacial score (nSPS) is 10.8. The molecule has 0 bridgehead atoms. The molecule has 0 aliphatic carbocycles. The fourth-order valence-corrected chi connectivity index (χ4v) is 4.69. The van der Waals surface area contributed by atoms with Gasteiger partial charge in [-0.1, -0.05) is 36.1 Å². The van der Waals surface area contributed by atoms with Crippen LogP contribution in [-0.4, -0.2) is 22.3 Å². The van der Waals surface area contributed by atoms with Crippen LogP contribution in [0.15, 0.2) is 34.0 Å². The van der Waals surface area contributed by atoms with Crippen LogP contribution in [-0.2, 0) is 12.2 Å². The van der Waals surface area contributed by atoms with Crippen molar-refractivity contribution in [2.24, 2.45) is 0 Å². The summed E-state index contributed by atoms with van der Waals surface area (Å²) in [5.41, 5.74) is 2.05. The van der Waals surface area contributed by atoms with Crippen molar-refractivity contribution in [3.05, 3.63) is 40.3 Å². The predicted octanol–water partition coefficient (Wildman–Crippen LogP) is 4.99. The molecular formula is C16H18N4OS3. The summed E-state index contributed by atoms with van der Waals surface area (Å²) in [7, 11) is 1.66. The van der Waals surface area contributed by atoms with E-state index in [4.69, 9.17) is 4.74 Å². The molecule has 0 saturated heterocycles. The summed E-state index contributed by atoms with van der Waals surface area (Å²) in [4.78, 5) is 4.63. The van der Waals surface area contributed by atoms with E-state index in [2.05, 4.69) is 32.8 Å². The number of thioether (sulfide) groups is 1. The largest absolute Gasteiger partial charge is 0.497 e. The Morgan fingerprint density at radius 1 is 1.29 bits per heavy atom. The van der Waals surface area contributed by atoms with Crippen molar-refractivity contribution in [2.75, 3.05) is 12.4 Å². The molecule has 3 aromatic rings. The highest BCUT2D eigenvalue weighted by Gasteiger charge is 2.08. The quantitative estimate of drug-likeness (QED) is 0.557. The third kappa shape index (κ3) is 4.68. The number of hydrogen-bond acceptors (Lipinski definition) is 8. The summed E-state index contributed by atoms with van der Waals surface area (Å²) in [5, 5.41) is 15.8. The summed E-state index contributed by atoms with van der Waals surface area (Å²) in [5.74, 6) is 1.64. The maximum absolute atomic E-state index is 5.22. The fraction of sp³-hybridized carbons (Fsp3) is 0.312. The smallest absolute Gasteiger partial charge is 0.210 e. The van der Waals surface area contributed by atoms with Gasteiger partial charge in [-0.2, -0.15) is 0 Å². The van der Waals surface area contributed by atoms with Gasteiger partial charge in [0.25, 0.3) is 0 Å². The van der Waals surface area contributed by atoms with Crippen molar-refractivity contribution >= 4 is 45.3 Å². The summed E-state index contributed by atoms with van der Waals surface area (Å²) >= 11 is 4.95. The van der Waals surface area contributed by atoms with Gasteiger partial charge in [-0.05, 0) is 25.0 Å². The minimum Gasteiger partial charge on any atom is -0.497 e. The second kappa shape index (κ2) is 8.46. The van der Waals surface area contributed by atoms with Crippen LogP contribution < -0.4 is 10.1 Å². The molecule has 0 fully saturated rings. The Balaban J connectivity index is 1.56. The van der Waals surface area contributed by atoms with Crippen LogP contribution in [0.1, 0.15) is 24.0 Å². The number of anilines is 2. The molecular weight excluding hydrogens is 360 g/mol. The van der Waals surface area contributed by atoms with Crippen LogP contribution in [0, 0.1) is 0 Å². The van der Waals surface area contributed by atoms with Crippen LogP contribution in [0.3, 0.4) is 0 Å². The van der Waals surface area contributed by atoms with Gasteiger partial charge in [0, 0.05) is 22.9 Å². The number of aromatic nitrogens is 3. The van der Waals surface area contributed by atoms with Crippen LogP contribution in [0.4, 0.5) is 10.8 Å². The molecule has 0 aliphatic heterocycles. The molecule has 0 aliphatic rings. The first-order valence-electron chi connectivity index (χ1n) is 7.57. The van der Waals surface area contributed by atoms with E-state index >= 15 is 0 Å². The van der Waals surface area contributed by atoms with Gasteiger partial charge >= 0.3 is 0 Å². The highest BCUT2D eigenvalue weighted by Crippen LogP contribution is 2.30. The van der Waals surface area contributed by atoms with E-state index in [1.165, 1.54) is 5.01 Å². The molecule has 0 saturated carbocycles. The van der Waals surface area contributed by atoms with Crippen LogP contribution in [0.2, 0.25) is 0 Å². The summed E-state index contributed by atoms with van der Waals surface area (Å²) in [6, 6.07) is 7.75. The molecule has 0 atom stereocenters. The van der Waals surface area contributed by atoms with E-state index < -0.39 is 0 Å². The lowest BCUT2D eigenvalue weighted by Gasteiger charge is -2.04. The average molecular weight is 379 g/mol. The number of nitrogens with zero attached hydrogens (tertiary/aromatic N) is 3. The van der Waals surface area contributed by atoms with E-state index in [1.54, 1.807) is 41.5 Å². The zero-order valence-electron chi connectivity index (χ0n) is 13.5. The molecule has 0 unspecified atom stereocenters. The first kappa shape index (κ1) is 17.2. The number of hydrogen-bond donors (Lipinski definition) is 1. The molecule has 2 heterocycles. The third-order valence-electron chi connectivity index (χ3n) is 3.13. The zero-order chi connectivity index (χ0) is 16.8. The maximum atomic E-state index is 5.22. The van der Waals surface area contributed by atoms with Gasteiger partial charge in [-0.3, -0.25) is 0 Å². The second-order valence-corrected chi connectivity index (χ2v) is 8.14. The number of thiazole rings is 1. The van der Waals surface area contributed by atoms with E-state index in [9.17, 15) is 0 Å². The minimum atomic E-state index is 0.774. The minimum absolute atomic E-state index is 0.774. The van der Waals surface area contributed by atoms with Crippen molar-refractivity contribution < 1.29 is 4.74 Å². The molecule has 5 nitrogen and oxygen atoms in total. The van der Waals surface area contributed by atoms with Gasteiger partial charge in [0.2, 0.25) is 5.13 Å². The molecule has 1 aromatic carbocycles. The Hall–Kier alpha value is -1.64. The van der Waals surface area contributed by atoms with Gasteiger partial charge in [0.15, 0.2) is 4.34 Å². The van der Waals surface area contributed by atoms with E-state index in [0.717, 1.165) is 45.2 Å². The molecule has 8 heteroatoms. The van der Waals surface area contributed by atoms with Gasteiger partial charge in [-0.15, -0.1) is 21.5 Å². The van der Waals surface area contributed by atoms with Gasteiger partial charge in [0.05, 0.1) is 17.8 Å². The van der Waals surface area contributed by atoms with Crippen molar-refractivity contribution in [1.29, 1.82) is 0 Å². The molecule has 126 valence electrons. The number of ether oxygens (including phenoxy) is 1. The van der Waals surface area contributed by atoms with E-state index in [0.29, 0.717) is 0 Å². The summed E-state index contributed by atoms with van der Waals surface area (Å²) in [6.45, 7) is 2.17. The fourth-order valence-electron chi connectivity index (χ4n) is 2.02. The van der Waals surface area contributed by atoms with Gasteiger partial charge in [-0.25, -0.2) is 4.98 Å². The molecule has 24 heavy (non-hydrogen) atoms. The highest BCUT2D eigenvalue weighted by atomic mass is 32.2. The van der Waals surface area contributed by atoms with Crippen molar-refractivity contribution in [2.45, 2.75) is 29.9 Å². The van der Waals surface area contributed by atoms with E-state index in [1.807, 2.05) is 24.3 Å². The number of rotatable bonds is 8. The second-order valence-electron chi connectivity index (χ2n) is 5.00. The van der Waals surface area contributed by atoms with Crippen LogP contribution >= 0.6 is 34.4 Å². The average Bonchev–Trinajstić information content (AvgIpc) is 3.23. The topological polar surface area (TPSA) is 59.9 Å². The predicted molar refractivity (Wildman–Crippen MR) is 102 cm³/mol. The van der Waals surface area contributed by atoms with Crippen LogP contribution in [0.5, 0.6) is 5.75 Å². The standard InChI is InChI=1S/C16H18N4OS3/c1-3-5-14-17-12(9-22-14)10-23-16-20-19-15(24-16)18-11-6-4-7-13(8-11)21-2/h4,6-9H,3,5,10H2,1-2H3,(H,18,19). The Bertz CT molecular complexity index is 787. The first-order chi connectivity index (χ1) is 11.8. The summed E-state index contributed by atoms with van der Waals surface area (Å²) in [6.07, 6.45) is 2.19. The van der Waals surface area contributed by atoms with E-state index in [-0.39, 0.29) is 0 Å². The lowest BCUT2D eigenvalue weighted by molar-refractivity contribution is 0.415. The molecule has 0 radical (unpaired) electrons. The highest BCUT2D eigenvalue weighted by molar-refractivity contribution is 8.00. The third-order valence-corrected chi connectivity index (χ3v) is 6.10. The Labute approximate surface area is 153 Å². The molecule has 0 spiro atoms. The number of nitrogens with one attached hydrogen (secondary N) is 1. The Morgan fingerprint density at radius 3 is 3.04 bits per heavy atom. The number of benzene rings is 1. The van der Waals surface area contributed by atoms with Crippen molar-refractivity contribution in [1.82, 2.24) is 15.2 Å². The van der Waals surface area contributed by atoms with Gasteiger partial charge in [0.1, 0.15) is 5.75 Å². The zero-order valence-corrected chi connectivity index (χ0v) is 15.9. The number of aryl methyl sites for hydroxylation is 1. The molecule has 0 amide bonds. The van der Waals surface area contributed by atoms with Crippen molar-refractivity contribution in [3.8, 4) is 5.75 Å². The molecule has 2 aromatic heterocycles. The first-order valence-corrected chi connectivity index (χ1v) is 10.3. The van der Waals surface area contributed by atoms with Gasteiger partial charge < -0.3 is 10.1 Å². The Morgan fingerprint density at radius 2 is 2.21 bits per heavy atom. The molecule has 3 rings (SSSR count). The number of methoxy groups -OCH3 is 1. The molecule has 1 N–H and O–H groups in total. The SMILES string of the molecule is CCCc1nc(CSc2nnc(Nc3cccc(OC)c3)s2)cs1. The summed E-state index contributed by atoms with van der Waals surface area (Å²) < 4.78 is 6.16. The van der Waals surface area contributed by atoms with Crippen molar-refractivity contribution in [3.63, 3.8) is 0 Å². The monoisotopic (exact) mass is 378 g/mol. The Kier molecular flexibility index (Phi) is 6.06.